The van der Waals surface area contributed by atoms with Crippen LogP contribution in [0.5, 0.6) is 0 Å². The molecule has 0 aliphatic heterocycles. The van der Waals surface area contributed by atoms with Crippen LogP contribution in [0.2, 0.25) is 0 Å². The summed E-state index contributed by atoms with van der Waals surface area (Å²) in [7, 11) is 0. The van der Waals surface area contributed by atoms with Gasteiger partial charge in [-0.2, -0.15) is 0 Å². The molecule has 1 aromatic rings. The molecule has 1 aromatic carbocycles. The Hall–Kier alpha value is -0.820. The molecule has 110 valence electrons. The van der Waals surface area contributed by atoms with Crippen molar-refractivity contribution in [3.8, 4) is 0 Å². The first-order valence-corrected chi connectivity index (χ1v) is 8.62. The van der Waals surface area contributed by atoms with Crippen molar-refractivity contribution in [3.05, 3.63) is 35.9 Å². The SMILES string of the molecule is CCC1CCC(CNC2CC2)C(Cc2ccccc2)C1. The third-order valence-corrected chi connectivity index (χ3v) is 5.41. The maximum absolute atomic E-state index is 3.77. The van der Waals surface area contributed by atoms with E-state index in [2.05, 4.69) is 42.6 Å². The van der Waals surface area contributed by atoms with E-state index in [0.717, 1.165) is 23.8 Å². The first-order valence-electron chi connectivity index (χ1n) is 8.62. The summed E-state index contributed by atoms with van der Waals surface area (Å²) in [5.74, 6) is 2.77. The Morgan fingerprint density at radius 1 is 1.00 bits per heavy atom. The van der Waals surface area contributed by atoms with Crippen LogP contribution >= 0.6 is 0 Å². The molecule has 2 fully saturated rings. The molecule has 0 amide bonds. The molecule has 0 heterocycles. The maximum atomic E-state index is 3.77. The summed E-state index contributed by atoms with van der Waals surface area (Å²) >= 11 is 0. The molecule has 0 spiro atoms. The summed E-state index contributed by atoms with van der Waals surface area (Å²) in [6.45, 7) is 3.63. The summed E-state index contributed by atoms with van der Waals surface area (Å²) in [5.41, 5.74) is 1.53. The van der Waals surface area contributed by atoms with Gasteiger partial charge in [0.2, 0.25) is 0 Å². The Bertz CT molecular complexity index is 395. The number of rotatable bonds is 6. The lowest BCUT2D eigenvalue weighted by Gasteiger charge is -2.36. The molecule has 3 unspecified atom stereocenters. The fraction of sp³-hybridized carbons (Fsp3) is 0.684. The second-order valence-corrected chi connectivity index (χ2v) is 6.98. The molecule has 2 aliphatic carbocycles. The predicted molar refractivity (Wildman–Crippen MR) is 85.8 cm³/mol. The Kier molecular flexibility index (Phi) is 4.77. The van der Waals surface area contributed by atoms with Crippen LogP contribution in [0.3, 0.4) is 0 Å². The highest BCUT2D eigenvalue weighted by molar-refractivity contribution is 5.15. The van der Waals surface area contributed by atoms with E-state index in [9.17, 15) is 0 Å². The predicted octanol–water partition coefficient (Wildman–Crippen LogP) is 4.42. The van der Waals surface area contributed by atoms with Gasteiger partial charge in [-0.05, 0) is 62.0 Å². The van der Waals surface area contributed by atoms with Crippen LogP contribution in [0, 0.1) is 17.8 Å². The average Bonchev–Trinajstić information content (AvgIpc) is 3.31. The lowest BCUT2D eigenvalue weighted by Crippen LogP contribution is -2.35. The van der Waals surface area contributed by atoms with Gasteiger partial charge in [-0.25, -0.2) is 0 Å². The molecule has 0 aromatic heterocycles. The highest BCUT2D eigenvalue weighted by atomic mass is 14.9. The highest BCUT2D eigenvalue weighted by Crippen LogP contribution is 2.37. The second kappa shape index (κ2) is 6.76. The van der Waals surface area contributed by atoms with E-state index in [4.69, 9.17) is 0 Å². The Labute approximate surface area is 124 Å². The van der Waals surface area contributed by atoms with Gasteiger partial charge < -0.3 is 5.32 Å². The van der Waals surface area contributed by atoms with E-state index in [1.807, 2.05) is 0 Å². The van der Waals surface area contributed by atoms with Gasteiger partial charge in [-0.15, -0.1) is 0 Å². The normalized spacial score (nSPS) is 30.4. The summed E-state index contributed by atoms with van der Waals surface area (Å²) < 4.78 is 0. The first kappa shape index (κ1) is 14.1. The van der Waals surface area contributed by atoms with E-state index in [-0.39, 0.29) is 0 Å². The summed E-state index contributed by atoms with van der Waals surface area (Å²) in [5, 5.41) is 3.77. The van der Waals surface area contributed by atoms with E-state index in [1.165, 1.54) is 57.1 Å². The first-order chi connectivity index (χ1) is 9.85. The van der Waals surface area contributed by atoms with E-state index < -0.39 is 0 Å². The van der Waals surface area contributed by atoms with Crippen LogP contribution in [-0.4, -0.2) is 12.6 Å². The lowest BCUT2D eigenvalue weighted by atomic mass is 9.71. The molecule has 2 aliphatic rings. The summed E-state index contributed by atoms with van der Waals surface area (Å²) in [6, 6.07) is 12.0. The molecule has 1 nitrogen and oxygen atoms in total. The van der Waals surface area contributed by atoms with Gasteiger partial charge in [-0.3, -0.25) is 0 Å². The van der Waals surface area contributed by atoms with Crippen LogP contribution in [0.4, 0.5) is 0 Å². The fourth-order valence-electron chi connectivity index (χ4n) is 3.84. The van der Waals surface area contributed by atoms with Gasteiger partial charge in [0.05, 0.1) is 0 Å². The number of hydrogen-bond donors (Lipinski definition) is 1. The van der Waals surface area contributed by atoms with Crippen LogP contribution in [0.15, 0.2) is 30.3 Å². The zero-order valence-electron chi connectivity index (χ0n) is 12.9. The van der Waals surface area contributed by atoms with Gasteiger partial charge in [0, 0.05) is 6.04 Å². The minimum Gasteiger partial charge on any atom is -0.314 e. The molecule has 3 atom stereocenters. The molecule has 20 heavy (non-hydrogen) atoms. The van der Waals surface area contributed by atoms with Crippen molar-refractivity contribution in [2.75, 3.05) is 6.54 Å². The van der Waals surface area contributed by atoms with E-state index in [1.54, 1.807) is 0 Å². The van der Waals surface area contributed by atoms with Crippen LogP contribution < -0.4 is 5.32 Å². The maximum Gasteiger partial charge on any atom is 0.00683 e. The average molecular weight is 271 g/mol. The molecule has 2 saturated carbocycles. The Morgan fingerprint density at radius 3 is 2.50 bits per heavy atom. The quantitative estimate of drug-likeness (QED) is 0.807. The van der Waals surface area contributed by atoms with Gasteiger partial charge in [0.25, 0.3) is 0 Å². The number of nitrogens with one attached hydrogen (secondary N) is 1. The highest BCUT2D eigenvalue weighted by Gasteiger charge is 2.31. The topological polar surface area (TPSA) is 12.0 Å². The molecule has 3 rings (SSSR count). The molecule has 1 N–H and O–H groups in total. The molecule has 0 bridgehead atoms. The lowest BCUT2D eigenvalue weighted by molar-refractivity contribution is 0.171. The van der Waals surface area contributed by atoms with Crippen molar-refractivity contribution in [2.24, 2.45) is 17.8 Å². The van der Waals surface area contributed by atoms with Crippen LogP contribution in [0.1, 0.15) is 51.0 Å². The minimum absolute atomic E-state index is 0.858. The third-order valence-electron chi connectivity index (χ3n) is 5.41. The molecular formula is C19H29N. The van der Waals surface area contributed by atoms with Crippen molar-refractivity contribution in [3.63, 3.8) is 0 Å². The van der Waals surface area contributed by atoms with Crippen molar-refractivity contribution in [1.82, 2.24) is 5.32 Å². The smallest absolute Gasteiger partial charge is 0.00683 e. The minimum atomic E-state index is 0.858. The third kappa shape index (κ3) is 3.85. The van der Waals surface area contributed by atoms with Gasteiger partial charge in [-0.1, -0.05) is 50.1 Å². The van der Waals surface area contributed by atoms with Crippen molar-refractivity contribution in [1.29, 1.82) is 0 Å². The summed E-state index contributed by atoms with van der Waals surface area (Å²) in [4.78, 5) is 0. The molecule has 1 heteroatoms. The largest absolute Gasteiger partial charge is 0.314 e. The van der Waals surface area contributed by atoms with Crippen LogP contribution in [0.25, 0.3) is 0 Å². The summed E-state index contributed by atoms with van der Waals surface area (Å²) in [6.07, 6.45) is 9.82. The molecule has 0 saturated heterocycles. The Morgan fingerprint density at radius 2 is 1.80 bits per heavy atom. The monoisotopic (exact) mass is 271 g/mol. The fourth-order valence-corrected chi connectivity index (χ4v) is 3.84. The second-order valence-electron chi connectivity index (χ2n) is 6.98. The number of hydrogen-bond acceptors (Lipinski definition) is 1. The standard InChI is InChI=1S/C19H29N/c1-2-15-8-9-17(14-20-19-10-11-19)18(12-15)13-16-6-4-3-5-7-16/h3-7,15,17-20H,2,8-14H2,1H3. The van der Waals surface area contributed by atoms with E-state index >= 15 is 0 Å². The molecule has 0 radical (unpaired) electrons. The van der Waals surface area contributed by atoms with E-state index in [0.29, 0.717) is 0 Å². The van der Waals surface area contributed by atoms with Crippen molar-refractivity contribution in [2.45, 2.75) is 57.9 Å². The zero-order valence-corrected chi connectivity index (χ0v) is 12.9. The zero-order chi connectivity index (χ0) is 13.8. The number of benzene rings is 1. The van der Waals surface area contributed by atoms with Crippen LogP contribution in [-0.2, 0) is 6.42 Å². The molecular weight excluding hydrogens is 242 g/mol. The van der Waals surface area contributed by atoms with Gasteiger partial charge in [0.1, 0.15) is 0 Å². The van der Waals surface area contributed by atoms with Gasteiger partial charge >= 0.3 is 0 Å². The Balaban J connectivity index is 1.60. The van der Waals surface area contributed by atoms with Gasteiger partial charge in [0.15, 0.2) is 0 Å². The van der Waals surface area contributed by atoms with Crippen molar-refractivity contribution < 1.29 is 0 Å². The van der Waals surface area contributed by atoms with Crippen molar-refractivity contribution >= 4 is 0 Å².